The SMILES string of the molecule is O=C1C=c2c[c]sc2=CC1. The van der Waals surface area contributed by atoms with Gasteiger partial charge in [-0.25, -0.2) is 0 Å². The number of Topliss-reactive ketones (excluding diaryl/α,β-unsaturated/α-hetero) is 1. The first-order valence-electron chi connectivity index (χ1n) is 3.07. The molecule has 1 nitrogen and oxygen atoms in total. The minimum Gasteiger partial charge on any atom is -0.294 e. The van der Waals surface area contributed by atoms with E-state index in [9.17, 15) is 4.79 Å². The normalized spacial score (nSPS) is 15.4. The minimum absolute atomic E-state index is 0.194. The van der Waals surface area contributed by atoms with Crippen LogP contribution in [0.5, 0.6) is 0 Å². The number of fused-ring (bicyclic) bond motifs is 1. The molecule has 1 aromatic heterocycles. The lowest BCUT2D eigenvalue weighted by Crippen LogP contribution is -2.23. The lowest BCUT2D eigenvalue weighted by molar-refractivity contribution is -0.112. The van der Waals surface area contributed by atoms with Gasteiger partial charge in [-0.1, -0.05) is 6.08 Å². The number of carbonyl (C=O) groups is 1. The molecule has 0 saturated heterocycles. The maximum absolute atomic E-state index is 10.8. The quantitative estimate of drug-likeness (QED) is 0.510. The van der Waals surface area contributed by atoms with E-state index < -0.39 is 0 Å². The largest absolute Gasteiger partial charge is 0.294 e. The molecule has 2 rings (SSSR count). The fourth-order valence-electron chi connectivity index (χ4n) is 0.984. The van der Waals surface area contributed by atoms with Crippen molar-refractivity contribution in [3.63, 3.8) is 0 Å². The van der Waals surface area contributed by atoms with Gasteiger partial charge < -0.3 is 0 Å². The third-order valence-corrected chi connectivity index (χ3v) is 2.33. The van der Waals surface area contributed by atoms with Crippen LogP contribution in [-0.4, -0.2) is 5.78 Å². The number of hydrogen-bond acceptors (Lipinski definition) is 2. The predicted octanol–water partition coefficient (Wildman–Crippen LogP) is 0.0821. The van der Waals surface area contributed by atoms with Crippen LogP contribution in [0.3, 0.4) is 0 Å². The summed E-state index contributed by atoms with van der Waals surface area (Å²) in [6.45, 7) is 0. The van der Waals surface area contributed by atoms with E-state index in [0.29, 0.717) is 6.42 Å². The van der Waals surface area contributed by atoms with Gasteiger partial charge in [0.05, 0.1) is 0 Å². The summed E-state index contributed by atoms with van der Waals surface area (Å²) in [5.74, 6) is 0.194. The monoisotopic (exact) mass is 149 g/mol. The highest BCUT2D eigenvalue weighted by Gasteiger charge is 2.00. The molecule has 0 spiro atoms. The molecule has 0 aromatic carbocycles. The Kier molecular flexibility index (Phi) is 1.21. The van der Waals surface area contributed by atoms with Crippen molar-refractivity contribution in [3.05, 3.63) is 21.2 Å². The van der Waals surface area contributed by atoms with Crippen LogP contribution in [-0.2, 0) is 4.79 Å². The van der Waals surface area contributed by atoms with E-state index in [2.05, 4.69) is 5.38 Å². The van der Waals surface area contributed by atoms with Gasteiger partial charge in [-0.15, -0.1) is 11.3 Å². The Morgan fingerprint density at radius 2 is 2.50 bits per heavy atom. The van der Waals surface area contributed by atoms with Gasteiger partial charge in [0.2, 0.25) is 0 Å². The molecule has 0 atom stereocenters. The van der Waals surface area contributed by atoms with Crippen molar-refractivity contribution in [1.29, 1.82) is 0 Å². The molecule has 1 aliphatic carbocycles. The summed E-state index contributed by atoms with van der Waals surface area (Å²) < 4.78 is 1.18. The molecule has 1 heterocycles. The zero-order valence-electron chi connectivity index (χ0n) is 5.26. The highest BCUT2D eigenvalue weighted by Crippen LogP contribution is 1.92. The topological polar surface area (TPSA) is 17.1 Å². The maximum Gasteiger partial charge on any atom is 0.160 e. The second-order valence-electron chi connectivity index (χ2n) is 2.20. The van der Waals surface area contributed by atoms with E-state index in [4.69, 9.17) is 0 Å². The number of hydrogen-bond donors (Lipinski definition) is 0. The van der Waals surface area contributed by atoms with Crippen LogP contribution in [0.25, 0.3) is 12.2 Å². The molecule has 2 heteroatoms. The van der Waals surface area contributed by atoms with Gasteiger partial charge in [0.25, 0.3) is 0 Å². The molecule has 0 N–H and O–H groups in total. The summed E-state index contributed by atoms with van der Waals surface area (Å²) in [7, 11) is 0. The van der Waals surface area contributed by atoms with E-state index in [1.165, 1.54) is 4.53 Å². The Morgan fingerprint density at radius 3 is 3.40 bits per heavy atom. The summed E-state index contributed by atoms with van der Waals surface area (Å²) in [5, 5.41) is 4.02. The van der Waals surface area contributed by atoms with E-state index in [-0.39, 0.29) is 5.78 Å². The van der Waals surface area contributed by atoms with Crippen molar-refractivity contribution < 1.29 is 4.79 Å². The predicted molar refractivity (Wildman–Crippen MR) is 41.0 cm³/mol. The van der Waals surface area contributed by atoms with Crippen molar-refractivity contribution in [1.82, 2.24) is 0 Å². The number of carbonyl (C=O) groups excluding carboxylic acids is 1. The van der Waals surface area contributed by atoms with E-state index in [0.717, 1.165) is 5.22 Å². The fourth-order valence-corrected chi connectivity index (χ4v) is 1.70. The molecule has 0 fully saturated rings. The second-order valence-corrected chi connectivity index (χ2v) is 3.08. The third-order valence-electron chi connectivity index (χ3n) is 1.47. The highest BCUT2D eigenvalue weighted by atomic mass is 32.1. The average molecular weight is 149 g/mol. The minimum atomic E-state index is 0.194. The molecule has 49 valence electrons. The van der Waals surface area contributed by atoms with Crippen LogP contribution in [0.15, 0.2) is 6.07 Å². The third kappa shape index (κ3) is 0.809. The molecule has 0 aliphatic heterocycles. The van der Waals surface area contributed by atoms with Crippen LogP contribution in [0.4, 0.5) is 0 Å². The molecule has 10 heavy (non-hydrogen) atoms. The summed E-state index contributed by atoms with van der Waals surface area (Å²) in [5.41, 5.74) is 0. The van der Waals surface area contributed by atoms with Crippen LogP contribution >= 0.6 is 11.3 Å². The van der Waals surface area contributed by atoms with Crippen molar-refractivity contribution in [3.8, 4) is 0 Å². The van der Waals surface area contributed by atoms with Gasteiger partial charge in [0.15, 0.2) is 5.78 Å². The zero-order chi connectivity index (χ0) is 6.97. The van der Waals surface area contributed by atoms with Gasteiger partial charge in [-0.05, 0) is 17.4 Å². The van der Waals surface area contributed by atoms with E-state index >= 15 is 0 Å². The molecular formula is C8H5OS. The maximum atomic E-state index is 10.8. The Balaban J connectivity index is 2.85. The van der Waals surface area contributed by atoms with Crippen molar-refractivity contribution in [2.45, 2.75) is 6.42 Å². The van der Waals surface area contributed by atoms with Crippen molar-refractivity contribution in [2.75, 3.05) is 0 Å². The first kappa shape index (κ1) is 5.86. The fraction of sp³-hybridized carbons (Fsp3) is 0.125. The summed E-state index contributed by atoms with van der Waals surface area (Å²) in [6.07, 6.45) is 4.20. The van der Waals surface area contributed by atoms with Crippen molar-refractivity contribution >= 4 is 29.3 Å². The number of rotatable bonds is 0. The van der Waals surface area contributed by atoms with Crippen LogP contribution in [0.2, 0.25) is 0 Å². The van der Waals surface area contributed by atoms with Gasteiger partial charge in [0, 0.05) is 16.3 Å². The first-order chi connectivity index (χ1) is 4.86. The van der Waals surface area contributed by atoms with Crippen LogP contribution < -0.4 is 9.75 Å². The Labute approximate surface area is 62.3 Å². The average Bonchev–Trinajstić information content (AvgIpc) is 2.33. The van der Waals surface area contributed by atoms with Crippen LogP contribution in [0, 0.1) is 5.38 Å². The lowest BCUT2D eigenvalue weighted by Gasteiger charge is -1.90. The Morgan fingerprint density at radius 1 is 1.60 bits per heavy atom. The zero-order valence-corrected chi connectivity index (χ0v) is 6.07. The number of thiophene rings is 1. The lowest BCUT2D eigenvalue weighted by atomic mass is 10.2. The van der Waals surface area contributed by atoms with Crippen LogP contribution in [0.1, 0.15) is 6.42 Å². The van der Waals surface area contributed by atoms with E-state index in [1.54, 1.807) is 17.4 Å². The summed E-state index contributed by atoms with van der Waals surface area (Å²) in [4.78, 5) is 10.8. The van der Waals surface area contributed by atoms with E-state index in [1.807, 2.05) is 12.1 Å². The van der Waals surface area contributed by atoms with Crippen molar-refractivity contribution in [2.24, 2.45) is 0 Å². The highest BCUT2D eigenvalue weighted by molar-refractivity contribution is 7.07. The van der Waals surface area contributed by atoms with Gasteiger partial charge >= 0.3 is 0 Å². The Hall–Kier alpha value is -0.890. The molecule has 1 radical (unpaired) electrons. The van der Waals surface area contributed by atoms with Gasteiger partial charge in [0.1, 0.15) is 0 Å². The van der Waals surface area contributed by atoms with Gasteiger partial charge in [-0.2, -0.15) is 0 Å². The summed E-state index contributed by atoms with van der Waals surface area (Å²) in [6, 6.07) is 1.85. The first-order valence-corrected chi connectivity index (χ1v) is 3.88. The molecular weight excluding hydrogens is 144 g/mol. The standard InChI is InChI=1S/C8H5OS/c9-7-1-2-8-6(5-7)3-4-10-8/h2-3,5H,1H2. The Bertz CT molecular complexity index is 372. The van der Waals surface area contributed by atoms with Gasteiger partial charge in [-0.3, -0.25) is 4.79 Å². The summed E-state index contributed by atoms with van der Waals surface area (Å²) >= 11 is 1.56. The smallest absolute Gasteiger partial charge is 0.160 e. The molecule has 0 amide bonds. The molecule has 0 bridgehead atoms. The molecule has 1 aromatic rings. The molecule has 0 unspecified atom stereocenters. The second kappa shape index (κ2) is 2.06. The number of ketones is 1. The molecule has 1 aliphatic rings. The molecule has 0 saturated carbocycles.